The molecule has 0 saturated carbocycles. The van der Waals surface area contributed by atoms with Crippen LogP contribution in [0.3, 0.4) is 0 Å². The Labute approximate surface area is 119 Å². The number of nitrogens with zero attached hydrogens (tertiary/aromatic N) is 1. The first-order valence-electron chi connectivity index (χ1n) is 6.78. The third kappa shape index (κ3) is 3.71. The van der Waals surface area contributed by atoms with E-state index >= 15 is 0 Å². The molecule has 4 nitrogen and oxygen atoms in total. The molecule has 0 saturated heterocycles. The van der Waals surface area contributed by atoms with Crippen molar-refractivity contribution >= 4 is 0 Å². The fourth-order valence-electron chi connectivity index (χ4n) is 1.98. The Morgan fingerprint density at radius 1 is 1.25 bits per heavy atom. The van der Waals surface area contributed by atoms with Gasteiger partial charge in [-0.1, -0.05) is 6.07 Å². The van der Waals surface area contributed by atoms with Gasteiger partial charge in [-0.2, -0.15) is 0 Å². The standard InChI is InChI=1S/C16H20N2O2/c1-3-20-16-10-13(4-5-15(16)19)11-18-12(2)14-6-8-17-9-7-14/h4-10,12,18-19H,3,11H2,1-2H3/t12-/m1/s1. The Morgan fingerprint density at radius 3 is 2.70 bits per heavy atom. The molecule has 1 aromatic heterocycles. The van der Waals surface area contributed by atoms with Crippen LogP contribution < -0.4 is 10.1 Å². The second-order valence-electron chi connectivity index (χ2n) is 4.62. The van der Waals surface area contributed by atoms with E-state index in [2.05, 4.69) is 17.2 Å². The van der Waals surface area contributed by atoms with E-state index in [0.717, 1.165) is 5.56 Å². The van der Waals surface area contributed by atoms with E-state index in [-0.39, 0.29) is 11.8 Å². The minimum Gasteiger partial charge on any atom is -0.504 e. The van der Waals surface area contributed by atoms with Crippen LogP contribution in [0.4, 0.5) is 0 Å². The van der Waals surface area contributed by atoms with Gasteiger partial charge in [0.2, 0.25) is 0 Å². The van der Waals surface area contributed by atoms with Gasteiger partial charge >= 0.3 is 0 Å². The second kappa shape index (κ2) is 6.91. The van der Waals surface area contributed by atoms with E-state index in [0.29, 0.717) is 18.9 Å². The van der Waals surface area contributed by atoms with Crippen molar-refractivity contribution in [3.63, 3.8) is 0 Å². The number of rotatable bonds is 6. The maximum Gasteiger partial charge on any atom is 0.161 e. The lowest BCUT2D eigenvalue weighted by molar-refractivity contribution is 0.317. The maximum atomic E-state index is 9.67. The van der Waals surface area contributed by atoms with Crippen molar-refractivity contribution in [1.29, 1.82) is 0 Å². The summed E-state index contributed by atoms with van der Waals surface area (Å²) in [7, 11) is 0. The lowest BCUT2D eigenvalue weighted by Gasteiger charge is -2.15. The van der Waals surface area contributed by atoms with Crippen LogP contribution in [0.15, 0.2) is 42.7 Å². The SMILES string of the molecule is CCOc1cc(CN[C@H](C)c2ccncc2)ccc1O. The third-order valence-corrected chi connectivity index (χ3v) is 3.14. The van der Waals surface area contributed by atoms with Gasteiger partial charge in [-0.15, -0.1) is 0 Å². The van der Waals surface area contributed by atoms with Gasteiger partial charge in [0.15, 0.2) is 11.5 Å². The van der Waals surface area contributed by atoms with Crippen LogP contribution in [0, 0.1) is 0 Å². The number of aromatic hydroxyl groups is 1. The molecule has 0 amide bonds. The highest BCUT2D eigenvalue weighted by atomic mass is 16.5. The number of hydrogen-bond acceptors (Lipinski definition) is 4. The van der Waals surface area contributed by atoms with Gasteiger partial charge < -0.3 is 15.2 Å². The normalized spacial score (nSPS) is 12.1. The maximum absolute atomic E-state index is 9.67. The number of aromatic nitrogens is 1. The van der Waals surface area contributed by atoms with Crippen molar-refractivity contribution in [3.8, 4) is 11.5 Å². The Bertz CT molecular complexity index is 543. The van der Waals surface area contributed by atoms with Crippen LogP contribution in [0.1, 0.15) is 31.0 Å². The first-order chi connectivity index (χ1) is 9.70. The zero-order valence-electron chi connectivity index (χ0n) is 11.8. The smallest absolute Gasteiger partial charge is 0.161 e. The van der Waals surface area contributed by atoms with E-state index in [4.69, 9.17) is 4.74 Å². The molecule has 0 unspecified atom stereocenters. The highest BCUT2D eigenvalue weighted by molar-refractivity contribution is 5.41. The molecule has 0 aliphatic carbocycles. The zero-order valence-corrected chi connectivity index (χ0v) is 11.8. The molecule has 1 aromatic carbocycles. The number of benzene rings is 1. The molecule has 0 aliphatic rings. The number of nitrogens with one attached hydrogen (secondary N) is 1. The van der Waals surface area contributed by atoms with E-state index in [1.54, 1.807) is 18.5 Å². The summed E-state index contributed by atoms with van der Waals surface area (Å²) in [5, 5.41) is 13.1. The molecule has 0 spiro atoms. The summed E-state index contributed by atoms with van der Waals surface area (Å²) in [6.07, 6.45) is 3.59. The molecule has 0 fully saturated rings. The predicted octanol–water partition coefficient (Wildman–Crippen LogP) is 3.04. The Morgan fingerprint density at radius 2 is 2.00 bits per heavy atom. The van der Waals surface area contributed by atoms with E-state index in [1.165, 1.54) is 5.56 Å². The van der Waals surface area contributed by atoms with Gasteiger partial charge in [-0.25, -0.2) is 0 Å². The summed E-state index contributed by atoms with van der Waals surface area (Å²) in [4.78, 5) is 4.02. The molecular formula is C16H20N2O2. The molecule has 1 atom stereocenters. The second-order valence-corrected chi connectivity index (χ2v) is 4.62. The van der Waals surface area contributed by atoms with Gasteiger partial charge in [0.1, 0.15) is 0 Å². The molecule has 2 rings (SSSR count). The van der Waals surface area contributed by atoms with Crippen LogP contribution in [0.2, 0.25) is 0 Å². The highest BCUT2D eigenvalue weighted by Crippen LogP contribution is 2.27. The van der Waals surface area contributed by atoms with Crippen molar-refractivity contribution in [1.82, 2.24) is 10.3 Å². The number of ether oxygens (including phenoxy) is 1. The minimum atomic E-state index is 0.179. The molecule has 1 heterocycles. The molecular weight excluding hydrogens is 252 g/mol. The van der Waals surface area contributed by atoms with E-state index < -0.39 is 0 Å². The first-order valence-corrected chi connectivity index (χ1v) is 6.78. The average molecular weight is 272 g/mol. The number of phenols is 1. The fourth-order valence-corrected chi connectivity index (χ4v) is 1.98. The van der Waals surface area contributed by atoms with Crippen LogP contribution in [-0.2, 0) is 6.54 Å². The fraction of sp³-hybridized carbons (Fsp3) is 0.312. The lowest BCUT2D eigenvalue weighted by Crippen LogP contribution is -2.18. The van der Waals surface area contributed by atoms with Crippen molar-refractivity contribution in [2.45, 2.75) is 26.4 Å². The molecule has 106 valence electrons. The van der Waals surface area contributed by atoms with E-state index in [1.807, 2.05) is 31.2 Å². The molecule has 4 heteroatoms. The average Bonchev–Trinajstić information content (AvgIpc) is 2.49. The molecule has 0 radical (unpaired) electrons. The topological polar surface area (TPSA) is 54.4 Å². The van der Waals surface area contributed by atoms with Gasteiger partial charge in [0.05, 0.1) is 6.61 Å². The number of hydrogen-bond donors (Lipinski definition) is 2. The molecule has 0 bridgehead atoms. The third-order valence-electron chi connectivity index (χ3n) is 3.14. The van der Waals surface area contributed by atoms with Crippen LogP contribution >= 0.6 is 0 Å². The summed E-state index contributed by atoms with van der Waals surface area (Å²) in [5.74, 6) is 0.709. The Kier molecular flexibility index (Phi) is 4.96. The first kappa shape index (κ1) is 14.3. The van der Waals surface area contributed by atoms with Crippen LogP contribution in [0.25, 0.3) is 0 Å². The summed E-state index contributed by atoms with van der Waals surface area (Å²) in [6, 6.07) is 9.66. The molecule has 20 heavy (non-hydrogen) atoms. The molecule has 2 aromatic rings. The zero-order chi connectivity index (χ0) is 14.4. The van der Waals surface area contributed by atoms with Gasteiger partial charge in [0, 0.05) is 25.0 Å². The molecule has 0 aliphatic heterocycles. The summed E-state index contributed by atoms with van der Waals surface area (Å²) >= 11 is 0. The summed E-state index contributed by atoms with van der Waals surface area (Å²) in [5.41, 5.74) is 2.27. The van der Waals surface area contributed by atoms with Gasteiger partial charge in [-0.3, -0.25) is 4.98 Å². The van der Waals surface area contributed by atoms with E-state index in [9.17, 15) is 5.11 Å². The number of pyridine rings is 1. The largest absolute Gasteiger partial charge is 0.504 e. The monoisotopic (exact) mass is 272 g/mol. The van der Waals surface area contributed by atoms with Crippen molar-refractivity contribution < 1.29 is 9.84 Å². The number of phenolic OH excluding ortho intramolecular Hbond substituents is 1. The lowest BCUT2D eigenvalue weighted by atomic mass is 10.1. The van der Waals surface area contributed by atoms with Crippen LogP contribution in [-0.4, -0.2) is 16.7 Å². The Balaban J connectivity index is 1.98. The summed E-state index contributed by atoms with van der Waals surface area (Å²) < 4.78 is 5.38. The quantitative estimate of drug-likeness (QED) is 0.848. The Hall–Kier alpha value is -2.07. The van der Waals surface area contributed by atoms with Gasteiger partial charge in [0.25, 0.3) is 0 Å². The predicted molar refractivity (Wildman–Crippen MR) is 78.8 cm³/mol. The van der Waals surface area contributed by atoms with Crippen molar-refractivity contribution in [2.75, 3.05) is 6.61 Å². The van der Waals surface area contributed by atoms with Crippen molar-refractivity contribution in [3.05, 3.63) is 53.9 Å². The summed E-state index contributed by atoms with van der Waals surface area (Å²) in [6.45, 7) is 5.26. The van der Waals surface area contributed by atoms with Crippen molar-refractivity contribution in [2.24, 2.45) is 0 Å². The highest BCUT2D eigenvalue weighted by Gasteiger charge is 2.06. The minimum absolute atomic E-state index is 0.179. The molecule has 2 N–H and O–H groups in total. The van der Waals surface area contributed by atoms with Gasteiger partial charge in [-0.05, 0) is 49.2 Å². The van der Waals surface area contributed by atoms with Crippen LogP contribution in [0.5, 0.6) is 11.5 Å².